The van der Waals surface area contributed by atoms with Crippen LogP contribution >= 0.6 is 11.8 Å². The van der Waals surface area contributed by atoms with Gasteiger partial charge in [0.2, 0.25) is 0 Å². The van der Waals surface area contributed by atoms with Gasteiger partial charge < -0.3 is 59.4 Å². The first-order chi connectivity index (χ1) is 24.8. The molecule has 12 nitrogen and oxygen atoms in total. The van der Waals surface area contributed by atoms with E-state index in [1.165, 1.54) is 122 Å². The smallest absolute Gasteiger partial charge is 0.187 e. The number of ether oxygens (including phenoxy) is 5. The van der Waals surface area contributed by atoms with Gasteiger partial charge in [0.1, 0.15) is 48.8 Å². The van der Waals surface area contributed by atoms with Crippen LogP contribution in [0.3, 0.4) is 0 Å². The number of aliphatic hydroxyl groups excluding tert-OH is 7. The summed E-state index contributed by atoms with van der Waals surface area (Å²) < 4.78 is 27.9. The number of methoxy groups -OCH3 is 1. The zero-order valence-electron chi connectivity index (χ0n) is 31.6. The molecule has 0 radical (unpaired) electrons. The molecule has 2 fully saturated rings. The first-order valence-electron chi connectivity index (χ1n) is 20.1. The Morgan fingerprint density at radius 1 is 0.549 bits per heavy atom. The maximum atomic E-state index is 10.8. The zero-order valence-corrected chi connectivity index (χ0v) is 32.4. The van der Waals surface area contributed by atoms with Crippen molar-refractivity contribution in [3.63, 3.8) is 0 Å². The lowest BCUT2D eigenvalue weighted by Gasteiger charge is -2.46. The molecule has 7 N–H and O–H groups in total. The Hall–Kier alpha value is -0.130. The average molecular weight is 755 g/mol. The summed E-state index contributed by atoms with van der Waals surface area (Å²) in [5, 5.41) is 71.2. The summed E-state index contributed by atoms with van der Waals surface area (Å²) in [5.74, 6) is 1.71. The van der Waals surface area contributed by atoms with E-state index in [1.54, 1.807) is 18.9 Å². The molecule has 5 unspecified atom stereocenters. The zero-order chi connectivity index (χ0) is 37.3. The molecule has 2 heterocycles. The van der Waals surface area contributed by atoms with E-state index < -0.39 is 74.6 Å². The molecule has 13 heteroatoms. The molecule has 304 valence electrons. The first-order valence-corrected chi connectivity index (χ1v) is 21.2. The number of aliphatic hydroxyl groups is 7. The third-order valence-corrected chi connectivity index (χ3v) is 11.4. The van der Waals surface area contributed by atoms with Crippen molar-refractivity contribution >= 4 is 11.8 Å². The minimum Gasteiger partial charge on any atom is -0.394 e. The third-order valence-electron chi connectivity index (χ3n) is 10.2. The molecule has 51 heavy (non-hydrogen) atoms. The number of unbranched alkanes of at least 4 members (excludes halogenated alkanes) is 19. The van der Waals surface area contributed by atoms with Gasteiger partial charge in [-0.2, -0.15) is 11.8 Å². The Kier molecular flexibility index (Phi) is 26.9. The van der Waals surface area contributed by atoms with Gasteiger partial charge in [-0.15, -0.1) is 0 Å². The topological polar surface area (TPSA) is 188 Å². The van der Waals surface area contributed by atoms with Crippen molar-refractivity contribution in [1.82, 2.24) is 0 Å². The van der Waals surface area contributed by atoms with Crippen LogP contribution in [-0.2, 0) is 23.7 Å². The van der Waals surface area contributed by atoms with Crippen LogP contribution in [0.2, 0.25) is 0 Å². The van der Waals surface area contributed by atoms with Crippen LogP contribution in [0.4, 0.5) is 0 Å². The molecule has 2 saturated heterocycles. The monoisotopic (exact) mass is 754 g/mol. The maximum absolute atomic E-state index is 10.8. The molecule has 2 aliphatic heterocycles. The standard InChI is InChI=1S/C38H74O12S/c1-3-4-5-6-7-8-9-10-11-12-13-14-15-16-17-18-19-20-21-22-23-51-27-28(46-2)26-47-37-35(45)33(43)36(30(25-40)49-37)50-38-34(44)32(42)31(41)29(24-39)48-38/h28-45H,3-27H2,1-2H3/t28?,29?,30?,31-,32-,33+,34?,35?,36+,37+,38-/m0/s1. The lowest BCUT2D eigenvalue weighted by Crippen LogP contribution is -2.64. The van der Waals surface area contributed by atoms with E-state index in [0.29, 0.717) is 5.75 Å². The molecule has 0 amide bonds. The predicted octanol–water partition coefficient (Wildman–Crippen LogP) is 4.20. The lowest BCUT2D eigenvalue weighted by molar-refractivity contribution is -0.360. The molecular weight excluding hydrogens is 680 g/mol. The highest BCUT2D eigenvalue weighted by Crippen LogP contribution is 2.30. The fraction of sp³-hybridized carbons (Fsp3) is 1.00. The van der Waals surface area contributed by atoms with Gasteiger partial charge in [0.05, 0.1) is 25.9 Å². The van der Waals surface area contributed by atoms with Gasteiger partial charge in [-0.1, -0.05) is 129 Å². The van der Waals surface area contributed by atoms with E-state index in [9.17, 15) is 35.7 Å². The Morgan fingerprint density at radius 2 is 1.00 bits per heavy atom. The third kappa shape index (κ3) is 18.4. The van der Waals surface area contributed by atoms with Gasteiger partial charge >= 0.3 is 0 Å². The van der Waals surface area contributed by atoms with E-state index in [0.717, 1.165) is 12.2 Å². The van der Waals surface area contributed by atoms with Crippen LogP contribution in [0, 0.1) is 0 Å². The summed E-state index contributed by atoms with van der Waals surface area (Å²) in [6.07, 6.45) is 12.2. The molecule has 0 saturated carbocycles. The molecule has 2 rings (SSSR count). The minimum absolute atomic E-state index is 0.0909. The van der Waals surface area contributed by atoms with Gasteiger partial charge in [-0.05, 0) is 12.2 Å². The summed E-state index contributed by atoms with van der Waals surface area (Å²) in [4.78, 5) is 0. The molecule has 0 aromatic carbocycles. The second-order valence-corrected chi connectivity index (χ2v) is 15.6. The van der Waals surface area contributed by atoms with Gasteiger partial charge in [0.25, 0.3) is 0 Å². The molecule has 0 aromatic rings. The molecule has 0 aromatic heterocycles. The van der Waals surface area contributed by atoms with Crippen molar-refractivity contribution in [2.24, 2.45) is 0 Å². The SMILES string of the molecule is CCCCCCCCCCCCCCCCCCCCCCSCC(CO[C@@H]1OC(CO)[C@@H](O[C@@H]2OC(CO)[C@H](O)[C@H](O)C2O)[C@H](O)C1O)OC. The second-order valence-electron chi connectivity index (χ2n) is 14.5. The number of hydrogen-bond donors (Lipinski definition) is 7. The van der Waals surface area contributed by atoms with Gasteiger partial charge in [-0.3, -0.25) is 0 Å². The van der Waals surface area contributed by atoms with Gasteiger partial charge in [0.15, 0.2) is 12.6 Å². The fourth-order valence-electron chi connectivity index (χ4n) is 6.75. The van der Waals surface area contributed by atoms with Gasteiger partial charge in [0, 0.05) is 12.9 Å². The van der Waals surface area contributed by atoms with Crippen LogP contribution in [0.5, 0.6) is 0 Å². The number of hydrogen-bond acceptors (Lipinski definition) is 13. The minimum atomic E-state index is -1.72. The Morgan fingerprint density at radius 3 is 1.47 bits per heavy atom. The van der Waals surface area contributed by atoms with Crippen molar-refractivity contribution in [2.75, 3.05) is 38.4 Å². The largest absolute Gasteiger partial charge is 0.394 e. The average Bonchev–Trinajstić information content (AvgIpc) is 3.14. The molecule has 0 spiro atoms. The van der Waals surface area contributed by atoms with Crippen molar-refractivity contribution in [1.29, 1.82) is 0 Å². The second kappa shape index (κ2) is 29.2. The molecule has 0 bridgehead atoms. The Balaban J connectivity index is 1.49. The summed E-state index contributed by atoms with van der Waals surface area (Å²) in [5.41, 5.74) is 0. The van der Waals surface area contributed by atoms with Crippen LogP contribution < -0.4 is 0 Å². The van der Waals surface area contributed by atoms with Crippen LogP contribution in [0.1, 0.15) is 135 Å². The summed E-state index contributed by atoms with van der Waals surface area (Å²) in [6, 6.07) is 0. The quantitative estimate of drug-likeness (QED) is 0.0500. The number of rotatable bonds is 31. The lowest BCUT2D eigenvalue weighted by atomic mass is 9.97. The summed E-state index contributed by atoms with van der Waals surface area (Å²) in [7, 11) is 1.58. The van der Waals surface area contributed by atoms with Crippen molar-refractivity contribution in [3.8, 4) is 0 Å². The Bertz CT molecular complexity index is 811. The predicted molar refractivity (Wildman–Crippen MR) is 198 cm³/mol. The van der Waals surface area contributed by atoms with Crippen molar-refractivity contribution in [2.45, 2.75) is 203 Å². The summed E-state index contributed by atoms with van der Waals surface area (Å²) in [6.45, 7) is 1.09. The molecular formula is C38H74O12S. The van der Waals surface area contributed by atoms with E-state index >= 15 is 0 Å². The first kappa shape index (κ1) is 47.0. The van der Waals surface area contributed by atoms with Crippen LogP contribution in [0.15, 0.2) is 0 Å². The molecule has 11 atom stereocenters. The van der Waals surface area contributed by atoms with E-state index in [4.69, 9.17) is 23.7 Å². The highest BCUT2D eigenvalue weighted by atomic mass is 32.2. The molecule has 0 aliphatic carbocycles. The Labute approximate surface area is 311 Å². The highest BCUT2D eigenvalue weighted by Gasteiger charge is 2.50. The molecule has 2 aliphatic rings. The van der Waals surface area contributed by atoms with Gasteiger partial charge in [-0.25, -0.2) is 0 Å². The maximum Gasteiger partial charge on any atom is 0.187 e. The normalized spacial score (nSPS) is 30.5. The van der Waals surface area contributed by atoms with E-state index in [1.807, 2.05) is 0 Å². The fourth-order valence-corrected chi connectivity index (χ4v) is 7.82. The highest BCUT2D eigenvalue weighted by molar-refractivity contribution is 7.99. The van der Waals surface area contributed by atoms with Crippen molar-refractivity contribution < 1.29 is 59.4 Å². The van der Waals surface area contributed by atoms with Crippen LogP contribution in [0.25, 0.3) is 0 Å². The summed E-state index contributed by atoms with van der Waals surface area (Å²) >= 11 is 1.78. The van der Waals surface area contributed by atoms with Crippen LogP contribution in [-0.4, -0.2) is 142 Å². The van der Waals surface area contributed by atoms with E-state index in [2.05, 4.69) is 6.92 Å². The van der Waals surface area contributed by atoms with E-state index in [-0.39, 0.29) is 12.7 Å². The number of thioether (sulfide) groups is 1. The van der Waals surface area contributed by atoms with Crippen molar-refractivity contribution in [3.05, 3.63) is 0 Å².